The molecule has 0 bridgehead atoms. The molecule has 8 aromatic rings. The minimum Gasteiger partial charge on any atom is -0.313 e. The van der Waals surface area contributed by atoms with Gasteiger partial charge in [-0.25, -0.2) is 9.97 Å². The van der Waals surface area contributed by atoms with E-state index in [4.69, 9.17) is 9.97 Å². The predicted molar refractivity (Wildman–Crippen MR) is 184 cm³/mol. The zero-order chi connectivity index (χ0) is 29.6. The van der Waals surface area contributed by atoms with Gasteiger partial charge in [0, 0.05) is 44.5 Å². The van der Waals surface area contributed by atoms with Gasteiger partial charge in [-0.05, 0) is 62.4 Å². The summed E-state index contributed by atoms with van der Waals surface area (Å²) in [6.07, 6.45) is 4.31. The number of rotatable bonds is 5. The molecule has 0 N–H and O–H groups in total. The standard InChI is InChI=1S/C40H30N4/c1-3-15-32-27(2)43(30-18-9-5-10-19-30)36-25-24-29(26-34(32)36)39-41-38(28-16-7-4-8-17-28)37-33-22-13-14-23-35(33)44(40(37)42-39)31-20-11-6-12-21-31/h3-26H,1-2H3. The first-order chi connectivity index (χ1) is 21.7. The van der Waals surface area contributed by atoms with Crippen LogP contribution in [-0.4, -0.2) is 19.1 Å². The number of fused-ring (bicyclic) bond motifs is 4. The van der Waals surface area contributed by atoms with E-state index in [2.05, 4.69) is 156 Å². The van der Waals surface area contributed by atoms with Crippen LogP contribution in [0.2, 0.25) is 0 Å². The Hall–Kier alpha value is -5.74. The number of hydrogen-bond donors (Lipinski definition) is 0. The van der Waals surface area contributed by atoms with E-state index in [0.717, 1.165) is 55.6 Å². The first kappa shape index (κ1) is 25.9. The van der Waals surface area contributed by atoms with Crippen LogP contribution < -0.4 is 0 Å². The Labute approximate surface area is 256 Å². The maximum atomic E-state index is 5.34. The maximum absolute atomic E-state index is 5.34. The second kappa shape index (κ2) is 10.5. The first-order valence-corrected chi connectivity index (χ1v) is 15.0. The van der Waals surface area contributed by atoms with Crippen LogP contribution in [0.1, 0.15) is 18.2 Å². The molecule has 44 heavy (non-hydrogen) atoms. The molecule has 4 heteroatoms. The van der Waals surface area contributed by atoms with Gasteiger partial charge in [0.1, 0.15) is 5.65 Å². The minimum absolute atomic E-state index is 0.704. The third-order valence-electron chi connectivity index (χ3n) is 8.44. The number of aromatic nitrogens is 4. The molecule has 0 aliphatic rings. The van der Waals surface area contributed by atoms with Gasteiger partial charge in [0.15, 0.2) is 5.82 Å². The summed E-state index contributed by atoms with van der Waals surface area (Å²) in [5.41, 5.74) is 10.8. The van der Waals surface area contributed by atoms with Gasteiger partial charge in [-0.15, -0.1) is 0 Å². The summed E-state index contributed by atoms with van der Waals surface area (Å²) in [6.45, 7) is 4.26. The van der Waals surface area contributed by atoms with Crippen LogP contribution in [0.4, 0.5) is 0 Å². The fourth-order valence-electron chi connectivity index (χ4n) is 6.49. The summed E-state index contributed by atoms with van der Waals surface area (Å²) in [4.78, 5) is 10.7. The Balaban J connectivity index is 1.45. The zero-order valence-corrected chi connectivity index (χ0v) is 24.6. The minimum atomic E-state index is 0.704. The van der Waals surface area contributed by atoms with Crippen molar-refractivity contribution in [2.75, 3.05) is 0 Å². The van der Waals surface area contributed by atoms with Crippen LogP contribution in [-0.2, 0) is 0 Å². The molecule has 0 saturated carbocycles. The summed E-state index contributed by atoms with van der Waals surface area (Å²) in [6, 6.07) is 46.6. The summed E-state index contributed by atoms with van der Waals surface area (Å²) >= 11 is 0. The van der Waals surface area contributed by atoms with Crippen molar-refractivity contribution in [3.8, 4) is 34.0 Å². The van der Waals surface area contributed by atoms with Crippen molar-refractivity contribution < 1.29 is 0 Å². The number of para-hydroxylation sites is 3. The number of allylic oxidation sites excluding steroid dienone is 1. The van der Waals surface area contributed by atoms with Gasteiger partial charge in [-0.2, -0.15) is 0 Å². The van der Waals surface area contributed by atoms with Gasteiger partial charge in [-0.3, -0.25) is 4.57 Å². The smallest absolute Gasteiger partial charge is 0.162 e. The van der Waals surface area contributed by atoms with Crippen molar-refractivity contribution >= 4 is 38.9 Å². The lowest BCUT2D eigenvalue weighted by molar-refractivity contribution is 1.05. The molecular formula is C40H30N4. The Morgan fingerprint density at radius 1 is 0.568 bits per heavy atom. The monoisotopic (exact) mass is 566 g/mol. The lowest BCUT2D eigenvalue weighted by atomic mass is 10.0. The highest BCUT2D eigenvalue weighted by molar-refractivity contribution is 6.14. The van der Waals surface area contributed by atoms with Crippen LogP contribution in [0.25, 0.3) is 72.9 Å². The second-order valence-corrected chi connectivity index (χ2v) is 11.1. The molecule has 0 radical (unpaired) electrons. The van der Waals surface area contributed by atoms with Gasteiger partial charge >= 0.3 is 0 Å². The van der Waals surface area contributed by atoms with E-state index in [1.165, 1.54) is 16.6 Å². The van der Waals surface area contributed by atoms with Crippen molar-refractivity contribution in [3.05, 3.63) is 151 Å². The molecule has 0 atom stereocenters. The molecular weight excluding hydrogens is 536 g/mol. The molecule has 0 aliphatic heterocycles. The molecule has 5 aromatic carbocycles. The SMILES string of the molecule is CC=Cc1c(C)n(-c2ccccc2)c2ccc(-c3nc(-c4ccccc4)c4c5ccccc5n(-c5ccccc5)c4n3)cc12. The number of benzene rings is 5. The van der Waals surface area contributed by atoms with Crippen molar-refractivity contribution in [1.82, 2.24) is 19.1 Å². The van der Waals surface area contributed by atoms with E-state index in [1.54, 1.807) is 0 Å². The van der Waals surface area contributed by atoms with Gasteiger partial charge in [0.05, 0.1) is 22.1 Å². The predicted octanol–water partition coefficient (Wildman–Crippen LogP) is 10.2. The molecule has 0 amide bonds. The van der Waals surface area contributed by atoms with Crippen molar-refractivity contribution in [3.63, 3.8) is 0 Å². The topological polar surface area (TPSA) is 35.6 Å². The maximum Gasteiger partial charge on any atom is 0.162 e. The fraction of sp³-hybridized carbons (Fsp3) is 0.0500. The average Bonchev–Trinajstić information content (AvgIpc) is 3.56. The van der Waals surface area contributed by atoms with Crippen LogP contribution in [0.3, 0.4) is 0 Å². The molecule has 0 aliphatic carbocycles. The molecule has 0 saturated heterocycles. The van der Waals surface area contributed by atoms with E-state index in [0.29, 0.717) is 5.82 Å². The van der Waals surface area contributed by atoms with E-state index in [9.17, 15) is 0 Å². The second-order valence-electron chi connectivity index (χ2n) is 11.1. The zero-order valence-electron chi connectivity index (χ0n) is 24.6. The van der Waals surface area contributed by atoms with Gasteiger partial charge in [0.2, 0.25) is 0 Å². The van der Waals surface area contributed by atoms with E-state index >= 15 is 0 Å². The normalized spacial score (nSPS) is 11.8. The molecule has 8 rings (SSSR count). The molecule has 210 valence electrons. The molecule has 3 heterocycles. The van der Waals surface area contributed by atoms with Crippen LogP contribution in [0, 0.1) is 6.92 Å². The first-order valence-electron chi connectivity index (χ1n) is 15.0. The van der Waals surface area contributed by atoms with E-state index < -0.39 is 0 Å². The molecule has 0 fully saturated rings. The number of nitrogens with zero attached hydrogens (tertiary/aromatic N) is 4. The number of hydrogen-bond acceptors (Lipinski definition) is 2. The fourth-order valence-corrected chi connectivity index (χ4v) is 6.49. The van der Waals surface area contributed by atoms with Crippen molar-refractivity contribution in [2.24, 2.45) is 0 Å². The quantitative estimate of drug-likeness (QED) is 0.208. The van der Waals surface area contributed by atoms with Gasteiger partial charge < -0.3 is 4.57 Å². The highest BCUT2D eigenvalue weighted by Crippen LogP contribution is 2.39. The van der Waals surface area contributed by atoms with Crippen molar-refractivity contribution in [1.29, 1.82) is 0 Å². The van der Waals surface area contributed by atoms with Crippen molar-refractivity contribution in [2.45, 2.75) is 13.8 Å². The molecule has 0 spiro atoms. The van der Waals surface area contributed by atoms with Crippen LogP contribution >= 0.6 is 0 Å². The summed E-state index contributed by atoms with van der Waals surface area (Å²) in [5.74, 6) is 0.704. The lowest BCUT2D eigenvalue weighted by Crippen LogP contribution is -1.99. The third-order valence-corrected chi connectivity index (χ3v) is 8.44. The van der Waals surface area contributed by atoms with Gasteiger partial charge in [0.25, 0.3) is 0 Å². The van der Waals surface area contributed by atoms with Gasteiger partial charge in [-0.1, -0.05) is 97.1 Å². The van der Waals surface area contributed by atoms with Crippen LogP contribution in [0.5, 0.6) is 0 Å². The Morgan fingerprint density at radius 2 is 1.18 bits per heavy atom. The van der Waals surface area contributed by atoms with E-state index in [-0.39, 0.29) is 0 Å². The largest absolute Gasteiger partial charge is 0.313 e. The van der Waals surface area contributed by atoms with E-state index in [1.807, 2.05) is 12.1 Å². The molecule has 3 aromatic heterocycles. The highest BCUT2D eigenvalue weighted by atomic mass is 15.1. The highest BCUT2D eigenvalue weighted by Gasteiger charge is 2.21. The molecule has 0 unspecified atom stereocenters. The summed E-state index contributed by atoms with van der Waals surface area (Å²) < 4.78 is 4.60. The lowest BCUT2D eigenvalue weighted by Gasteiger charge is -2.11. The molecule has 4 nitrogen and oxygen atoms in total. The Kier molecular flexibility index (Phi) is 6.20. The average molecular weight is 567 g/mol. The Bertz CT molecular complexity index is 2330. The summed E-state index contributed by atoms with van der Waals surface area (Å²) in [5, 5.41) is 3.37. The Morgan fingerprint density at radius 3 is 1.89 bits per heavy atom. The third kappa shape index (κ3) is 4.07. The summed E-state index contributed by atoms with van der Waals surface area (Å²) in [7, 11) is 0. The van der Waals surface area contributed by atoms with Crippen LogP contribution in [0.15, 0.2) is 140 Å².